The van der Waals surface area contributed by atoms with E-state index in [0.29, 0.717) is 34.4 Å². The first-order valence-electron chi connectivity index (χ1n) is 11.3. The number of methoxy groups -OCH3 is 4. The fourth-order valence-corrected chi connectivity index (χ4v) is 4.01. The Balaban J connectivity index is 1.89. The predicted molar refractivity (Wildman–Crippen MR) is 140 cm³/mol. The monoisotopic (exact) mass is 505 g/mol. The van der Waals surface area contributed by atoms with E-state index in [0.717, 1.165) is 10.1 Å². The van der Waals surface area contributed by atoms with Gasteiger partial charge in [-0.25, -0.2) is 9.36 Å². The summed E-state index contributed by atoms with van der Waals surface area (Å²) in [6.45, 7) is 1.51. The lowest BCUT2D eigenvalue weighted by Gasteiger charge is -2.17. The number of anilines is 1. The molecule has 0 aliphatic rings. The van der Waals surface area contributed by atoms with Crippen molar-refractivity contribution in [2.24, 2.45) is 0 Å². The quantitative estimate of drug-likeness (QED) is 0.392. The van der Waals surface area contributed by atoms with Gasteiger partial charge in [-0.3, -0.25) is 14.2 Å². The lowest BCUT2D eigenvalue weighted by Crippen LogP contribution is -2.40. The first-order chi connectivity index (χ1) is 17.8. The highest BCUT2D eigenvalue weighted by Gasteiger charge is 2.20. The van der Waals surface area contributed by atoms with Gasteiger partial charge >= 0.3 is 5.69 Å². The minimum Gasteiger partial charge on any atom is -0.497 e. The van der Waals surface area contributed by atoms with E-state index in [9.17, 15) is 14.4 Å². The molecule has 3 aromatic carbocycles. The van der Waals surface area contributed by atoms with Crippen molar-refractivity contribution in [3.63, 3.8) is 0 Å². The van der Waals surface area contributed by atoms with Crippen LogP contribution in [0.1, 0.15) is 5.56 Å². The second-order valence-corrected chi connectivity index (χ2v) is 8.18. The summed E-state index contributed by atoms with van der Waals surface area (Å²) < 4.78 is 23.6. The molecule has 0 atom stereocenters. The molecule has 0 bridgehead atoms. The maximum atomic E-state index is 13.7. The van der Waals surface area contributed by atoms with Gasteiger partial charge in [-0.1, -0.05) is 17.7 Å². The molecule has 4 aromatic rings. The number of nitrogens with zero attached hydrogens (tertiary/aromatic N) is 2. The van der Waals surface area contributed by atoms with Crippen LogP contribution in [0.4, 0.5) is 5.69 Å². The van der Waals surface area contributed by atoms with E-state index in [4.69, 9.17) is 18.9 Å². The molecule has 1 heterocycles. The van der Waals surface area contributed by atoms with Crippen molar-refractivity contribution < 1.29 is 23.7 Å². The fourth-order valence-electron chi connectivity index (χ4n) is 4.01. The third-order valence-corrected chi connectivity index (χ3v) is 5.92. The summed E-state index contributed by atoms with van der Waals surface area (Å²) in [6.07, 6.45) is 0. The standard InChI is InChI=1S/C27H27N3O7/c1-16-6-8-17(9-7-16)30-26(32)19-13-23(36-4)24(37-5)14-21(19)29(27(30)33)15-25(31)28-20-12-18(34-2)10-11-22(20)35-3/h6-14H,15H2,1-5H3,(H,28,31). The van der Waals surface area contributed by atoms with Crippen LogP contribution in [0.2, 0.25) is 0 Å². The first-order valence-corrected chi connectivity index (χ1v) is 11.3. The van der Waals surface area contributed by atoms with Crippen LogP contribution >= 0.6 is 0 Å². The van der Waals surface area contributed by atoms with E-state index >= 15 is 0 Å². The van der Waals surface area contributed by atoms with Crippen molar-refractivity contribution in [3.05, 3.63) is 81.0 Å². The molecule has 0 spiro atoms. The highest BCUT2D eigenvalue weighted by molar-refractivity contribution is 5.93. The molecule has 4 rings (SSSR count). The molecule has 0 radical (unpaired) electrons. The maximum absolute atomic E-state index is 13.7. The molecular weight excluding hydrogens is 478 g/mol. The molecule has 10 nitrogen and oxygen atoms in total. The van der Waals surface area contributed by atoms with Gasteiger partial charge < -0.3 is 24.3 Å². The number of aromatic nitrogens is 2. The SMILES string of the molecule is COc1ccc(OC)c(NC(=O)Cn2c(=O)n(-c3ccc(C)cc3)c(=O)c3cc(OC)c(OC)cc32)c1. The van der Waals surface area contributed by atoms with Gasteiger partial charge in [0.25, 0.3) is 5.56 Å². The van der Waals surface area contributed by atoms with Crippen molar-refractivity contribution in [2.45, 2.75) is 13.5 Å². The second kappa shape index (κ2) is 10.5. The van der Waals surface area contributed by atoms with Gasteiger partial charge in [0.05, 0.1) is 50.7 Å². The van der Waals surface area contributed by atoms with Crippen molar-refractivity contribution >= 4 is 22.5 Å². The lowest BCUT2D eigenvalue weighted by atomic mass is 10.2. The molecule has 37 heavy (non-hydrogen) atoms. The van der Waals surface area contributed by atoms with Crippen LogP contribution in [0.25, 0.3) is 16.6 Å². The maximum Gasteiger partial charge on any atom is 0.336 e. The van der Waals surface area contributed by atoms with Gasteiger partial charge in [0.15, 0.2) is 11.5 Å². The lowest BCUT2D eigenvalue weighted by molar-refractivity contribution is -0.116. The van der Waals surface area contributed by atoms with E-state index in [-0.39, 0.29) is 10.9 Å². The molecule has 0 unspecified atom stereocenters. The molecule has 192 valence electrons. The Morgan fingerprint density at radius 2 is 1.46 bits per heavy atom. The number of carbonyl (C=O) groups excluding carboxylic acids is 1. The van der Waals surface area contributed by atoms with Crippen molar-refractivity contribution in [1.82, 2.24) is 9.13 Å². The number of carbonyl (C=O) groups is 1. The van der Waals surface area contributed by atoms with Crippen LogP contribution in [-0.2, 0) is 11.3 Å². The van der Waals surface area contributed by atoms with Crippen LogP contribution in [0.3, 0.4) is 0 Å². The molecule has 10 heteroatoms. The summed E-state index contributed by atoms with van der Waals surface area (Å²) in [4.78, 5) is 40.4. The minimum atomic E-state index is -0.679. The Hall–Kier alpha value is -4.73. The summed E-state index contributed by atoms with van der Waals surface area (Å²) in [5.41, 5.74) is 0.716. The van der Waals surface area contributed by atoms with E-state index in [1.807, 2.05) is 6.92 Å². The van der Waals surface area contributed by atoms with Crippen LogP contribution in [0.5, 0.6) is 23.0 Å². The third-order valence-electron chi connectivity index (χ3n) is 5.92. The predicted octanol–water partition coefficient (Wildman–Crippen LogP) is 3.13. The average molecular weight is 506 g/mol. The summed E-state index contributed by atoms with van der Waals surface area (Å²) in [5, 5.41) is 2.95. The van der Waals surface area contributed by atoms with Crippen LogP contribution in [-0.4, -0.2) is 43.5 Å². The van der Waals surface area contributed by atoms with E-state index in [1.54, 1.807) is 42.5 Å². The molecule has 0 saturated carbocycles. The molecule has 0 aliphatic carbocycles. The van der Waals surface area contributed by atoms with Crippen molar-refractivity contribution in [2.75, 3.05) is 33.8 Å². The first kappa shape index (κ1) is 25.4. The summed E-state index contributed by atoms with van der Waals surface area (Å²) in [6, 6.07) is 14.9. The largest absolute Gasteiger partial charge is 0.497 e. The van der Waals surface area contributed by atoms with Crippen LogP contribution in [0.15, 0.2) is 64.2 Å². The Morgan fingerprint density at radius 1 is 0.811 bits per heavy atom. The average Bonchev–Trinajstić information content (AvgIpc) is 2.91. The van der Waals surface area contributed by atoms with Crippen molar-refractivity contribution in [1.29, 1.82) is 0 Å². The summed E-state index contributed by atoms with van der Waals surface area (Å²) >= 11 is 0. The number of amides is 1. The number of benzene rings is 3. The van der Waals surface area contributed by atoms with Gasteiger partial charge in [-0.2, -0.15) is 0 Å². The zero-order valence-electron chi connectivity index (χ0n) is 21.2. The number of ether oxygens (including phenoxy) is 4. The molecule has 1 aromatic heterocycles. The topological polar surface area (TPSA) is 110 Å². The minimum absolute atomic E-state index is 0.185. The highest BCUT2D eigenvalue weighted by atomic mass is 16.5. The molecule has 0 fully saturated rings. The fraction of sp³-hybridized carbons (Fsp3) is 0.222. The zero-order chi connectivity index (χ0) is 26.7. The van der Waals surface area contributed by atoms with E-state index in [1.165, 1.54) is 45.1 Å². The van der Waals surface area contributed by atoms with E-state index in [2.05, 4.69) is 5.32 Å². The van der Waals surface area contributed by atoms with Crippen LogP contribution in [0, 0.1) is 6.92 Å². The number of nitrogens with one attached hydrogen (secondary N) is 1. The van der Waals surface area contributed by atoms with Gasteiger partial charge in [0.1, 0.15) is 18.0 Å². The molecular formula is C27H27N3O7. The highest BCUT2D eigenvalue weighted by Crippen LogP contribution is 2.31. The van der Waals surface area contributed by atoms with E-state index < -0.39 is 23.7 Å². The number of rotatable bonds is 8. The Bertz CT molecular complexity index is 1590. The summed E-state index contributed by atoms with van der Waals surface area (Å²) in [7, 11) is 5.89. The number of hydrogen-bond donors (Lipinski definition) is 1. The number of aryl methyl sites for hydroxylation is 1. The third kappa shape index (κ3) is 4.86. The molecule has 0 aliphatic heterocycles. The summed E-state index contributed by atoms with van der Waals surface area (Å²) in [5.74, 6) is 1.05. The molecule has 0 saturated heterocycles. The van der Waals surface area contributed by atoms with Gasteiger partial charge in [0.2, 0.25) is 5.91 Å². The van der Waals surface area contributed by atoms with Gasteiger partial charge in [-0.15, -0.1) is 0 Å². The molecule has 1 N–H and O–H groups in total. The smallest absolute Gasteiger partial charge is 0.336 e. The zero-order valence-corrected chi connectivity index (χ0v) is 21.2. The Morgan fingerprint density at radius 3 is 2.08 bits per heavy atom. The van der Waals surface area contributed by atoms with Crippen molar-refractivity contribution in [3.8, 4) is 28.7 Å². The Kier molecular flexibility index (Phi) is 7.19. The second-order valence-electron chi connectivity index (χ2n) is 8.18. The normalized spacial score (nSPS) is 10.7. The van der Waals surface area contributed by atoms with Gasteiger partial charge in [0, 0.05) is 12.1 Å². The van der Waals surface area contributed by atoms with Gasteiger partial charge in [-0.05, 0) is 37.3 Å². The number of hydrogen-bond acceptors (Lipinski definition) is 7. The van der Waals surface area contributed by atoms with Crippen LogP contribution < -0.4 is 35.5 Å². The number of fused-ring (bicyclic) bond motifs is 1. The Labute approximate surface area is 212 Å². The molecule has 1 amide bonds.